The highest BCUT2D eigenvalue weighted by Crippen LogP contribution is 2.18. The van der Waals surface area contributed by atoms with Crippen molar-refractivity contribution < 1.29 is 9.59 Å². The largest absolute Gasteiger partial charge is 0.366 e. The van der Waals surface area contributed by atoms with E-state index in [4.69, 9.17) is 5.73 Å². The molecule has 0 atom stereocenters. The number of hydrogen-bond acceptors (Lipinski definition) is 4. The maximum Gasteiger partial charge on any atom is 0.251 e. The maximum absolute atomic E-state index is 12.2. The average molecular weight is 303 g/mol. The van der Waals surface area contributed by atoms with Crippen LogP contribution in [0.4, 0.5) is 0 Å². The number of nitrogens with one attached hydrogen (secondary N) is 1. The second kappa shape index (κ2) is 6.05. The number of rotatable bonds is 4. The fraction of sp³-hybridized carbons (Fsp3) is 0.267. The molecule has 0 aliphatic heterocycles. The highest BCUT2D eigenvalue weighted by Gasteiger charge is 2.16. The molecule has 21 heavy (non-hydrogen) atoms. The number of nitrogens with zero attached hydrogens (tertiary/aromatic N) is 1. The highest BCUT2D eigenvalue weighted by atomic mass is 32.1. The second-order valence-electron chi connectivity index (χ2n) is 4.86. The first-order chi connectivity index (χ1) is 9.90. The summed E-state index contributed by atoms with van der Waals surface area (Å²) in [5.74, 6) is -0.752. The lowest BCUT2D eigenvalue weighted by atomic mass is 9.97. The zero-order valence-electron chi connectivity index (χ0n) is 12.2. The molecule has 1 aromatic carbocycles. The van der Waals surface area contributed by atoms with Crippen molar-refractivity contribution in [3.8, 4) is 0 Å². The van der Waals surface area contributed by atoms with Crippen molar-refractivity contribution in [1.82, 2.24) is 10.3 Å². The number of carbonyl (C=O) groups is 2. The quantitative estimate of drug-likeness (QED) is 0.907. The molecule has 1 heterocycles. The lowest BCUT2D eigenvalue weighted by Crippen LogP contribution is -2.25. The van der Waals surface area contributed by atoms with Gasteiger partial charge < -0.3 is 11.1 Å². The van der Waals surface area contributed by atoms with Crippen LogP contribution >= 0.6 is 11.3 Å². The van der Waals surface area contributed by atoms with Gasteiger partial charge in [0.1, 0.15) is 5.01 Å². The van der Waals surface area contributed by atoms with Gasteiger partial charge in [-0.2, -0.15) is 0 Å². The van der Waals surface area contributed by atoms with Crippen LogP contribution in [0.2, 0.25) is 0 Å². The van der Waals surface area contributed by atoms with Gasteiger partial charge in [-0.1, -0.05) is 6.07 Å². The molecule has 0 saturated heterocycles. The fourth-order valence-electron chi connectivity index (χ4n) is 2.21. The summed E-state index contributed by atoms with van der Waals surface area (Å²) in [7, 11) is 0. The number of aryl methyl sites for hydroxylation is 2. The molecule has 0 unspecified atom stereocenters. The van der Waals surface area contributed by atoms with Crippen molar-refractivity contribution in [2.24, 2.45) is 5.73 Å². The molecule has 0 aliphatic rings. The topological polar surface area (TPSA) is 85.1 Å². The molecular weight excluding hydrogens is 286 g/mol. The lowest BCUT2D eigenvalue weighted by molar-refractivity contribution is 0.0950. The lowest BCUT2D eigenvalue weighted by Gasteiger charge is -2.11. The molecule has 5 nitrogen and oxygen atoms in total. The highest BCUT2D eigenvalue weighted by molar-refractivity contribution is 7.09. The van der Waals surface area contributed by atoms with Crippen LogP contribution in [0.25, 0.3) is 0 Å². The summed E-state index contributed by atoms with van der Waals surface area (Å²) >= 11 is 1.50. The fourth-order valence-corrected chi connectivity index (χ4v) is 2.92. The first kappa shape index (κ1) is 15.2. The SMILES string of the molecule is Cc1csc(CNC(=O)c2ccc(C)c(C(N)=O)c2C)n1. The number of aromatic nitrogens is 1. The maximum atomic E-state index is 12.2. The average Bonchev–Trinajstić information content (AvgIpc) is 2.81. The van der Waals surface area contributed by atoms with E-state index in [2.05, 4.69) is 10.3 Å². The Morgan fingerprint density at radius 1 is 1.29 bits per heavy atom. The van der Waals surface area contributed by atoms with Crippen LogP contribution in [-0.4, -0.2) is 16.8 Å². The van der Waals surface area contributed by atoms with Crippen LogP contribution in [0.5, 0.6) is 0 Å². The number of thiazole rings is 1. The van der Waals surface area contributed by atoms with E-state index in [0.29, 0.717) is 23.2 Å². The van der Waals surface area contributed by atoms with E-state index in [-0.39, 0.29) is 5.91 Å². The van der Waals surface area contributed by atoms with Gasteiger partial charge in [-0.05, 0) is 38.0 Å². The summed E-state index contributed by atoms with van der Waals surface area (Å²) in [4.78, 5) is 28.0. The van der Waals surface area contributed by atoms with Gasteiger partial charge in [0.05, 0.1) is 6.54 Å². The molecule has 3 N–H and O–H groups in total. The van der Waals surface area contributed by atoms with Gasteiger partial charge in [0.15, 0.2) is 0 Å². The van der Waals surface area contributed by atoms with Gasteiger partial charge in [-0.15, -0.1) is 11.3 Å². The molecule has 0 aliphatic carbocycles. The molecule has 1 aromatic heterocycles. The van der Waals surface area contributed by atoms with Gasteiger partial charge in [-0.3, -0.25) is 9.59 Å². The molecule has 0 saturated carbocycles. The zero-order valence-corrected chi connectivity index (χ0v) is 13.0. The minimum absolute atomic E-state index is 0.233. The van der Waals surface area contributed by atoms with E-state index in [1.165, 1.54) is 11.3 Å². The van der Waals surface area contributed by atoms with E-state index < -0.39 is 5.91 Å². The molecule has 0 spiro atoms. The molecule has 0 radical (unpaired) electrons. The summed E-state index contributed by atoms with van der Waals surface area (Å²) in [5.41, 5.74) is 8.56. The van der Waals surface area contributed by atoms with Crippen molar-refractivity contribution in [3.05, 3.63) is 50.5 Å². The monoisotopic (exact) mass is 303 g/mol. The minimum atomic E-state index is -0.518. The first-order valence-electron chi connectivity index (χ1n) is 6.49. The second-order valence-corrected chi connectivity index (χ2v) is 5.80. The van der Waals surface area contributed by atoms with Crippen LogP contribution in [0.15, 0.2) is 17.5 Å². The van der Waals surface area contributed by atoms with Gasteiger partial charge in [0.2, 0.25) is 5.91 Å². The van der Waals surface area contributed by atoms with Gasteiger partial charge in [0, 0.05) is 22.2 Å². The zero-order chi connectivity index (χ0) is 15.6. The van der Waals surface area contributed by atoms with Crippen molar-refractivity contribution in [2.75, 3.05) is 0 Å². The summed E-state index contributed by atoms with van der Waals surface area (Å²) < 4.78 is 0. The standard InChI is InChI=1S/C15H17N3O2S/c1-8-4-5-11(10(3)13(8)14(16)19)15(20)17-6-12-18-9(2)7-21-12/h4-5,7H,6H2,1-3H3,(H2,16,19)(H,17,20). The predicted octanol–water partition coefficient (Wildman–Crippen LogP) is 2.10. The Hall–Kier alpha value is -2.21. The number of hydrogen-bond donors (Lipinski definition) is 2. The Bertz CT molecular complexity index is 707. The summed E-state index contributed by atoms with van der Waals surface area (Å²) in [6, 6.07) is 3.44. The van der Waals surface area contributed by atoms with Gasteiger partial charge in [0.25, 0.3) is 5.91 Å². The van der Waals surface area contributed by atoms with Crippen molar-refractivity contribution in [2.45, 2.75) is 27.3 Å². The third-order valence-electron chi connectivity index (χ3n) is 3.23. The number of carbonyl (C=O) groups excluding carboxylic acids is 2. The molecule has 0 bridgehead atoms. The predicted molar refractivity (Wildman–Crippen MR) is 82.5 cm³/mol. The summed E-state index contributed by atoms with van der Waals surface area (Å²) in [5, 5.41) is 5.59. The van der Waals surface area contributed by atoms with E-state index in [1.807, 2.05) is 12.3 Å². The molecule has 2 rings (SSSR count). The minimum Gasteiger partial charge on any atom is -0.366 e. The summed E-state index contributed by atoms with van der Waals surface area (Å²) in [6.07, 6.45) is 0. The van der Waals surface area contributed by atoms with Gasteiger partial charge in [-0.25, -0.2) is 4.98 Å². The summed E-state index contributed by atoms with van der Waals surface area (Å²) in [6.45, 7) is 5.81. The van der Waals surface area contributed by atoms with Crippen LogP contribution in [0, 0.1) is 20.8 Å². The van der Waals surface area contributed by atoms with E-state index >= 15 is 0 Å². The van der Waals surface area contributed by atoms with E-state index in [1.54, 1.807) is 26.0 Å². The van der Waals surface area contributed by atoms with E-state index in [0.717, 1.165) is 16.3 Å². The van der Waals surface area contributed by atoms with Crippen LogP contribution < -0.4 is 11.1 Å². The normalized spacial score (nSPS) is 10.4. The molecule has 2 aromatic rings. The number of amides is 2. The third kappa shape index (κ3) is 3.28. The Balaban J connectivity index is 2.19. The Morgan fingerprint density at radius 3 is 2.57 bits per heavy atom. The number of benzene rings is 1. The van der Waals surface area contributed by atoms with Crippen LogP contribution in [-0.2, 0) is 6.54 Å². The molecule has 110 valence electrons. The molecular formula is C15H17N3O2S. The van der Waals surface area contributed by atoms with Gasteiger partial charge >= 0.3 is 0 Å². The Morgan fingerprint density at radius 2 is 2.00 bits per heavy atom. The molecule has 0 fully saturated rings. The third-order valence-corrected chi connectivity index (χ3v) is 4.20. The first-order valence-corrected chi connectivity index (χ1v) is 7.37. The van der Waals surface area contributed by atoms with E-state index in [9.17, 15) is 9.59 Å². The smallest absolute Gasteiger partial charge is 0.251 e. The Kier molecular flexibility index (Phi) is 4.37. The van der Waals surface area contributed by atoms with Crippen LogP contribution in [0.3, 0.4) is 0 Å². The molecule has 6 heteroatoms. The van der Waals surface area contributed by atoms with Crippen molar-refractivity contribution in [1.29, 1.82) is 0 Å². The van der Waals surface area contributed by atoms with Crippen molar-refractivity contribution >= 4 is 23.2 Å². The van der Waals surface area contributed by atoms with Crippen LogP contribution in [0.1, 0.15) is 42.5 Å². The number of nitrogens with two attached hydrogens (primary N) is 1. The number of primary amides is 1. The molecule has 2 amide bonds. The van der Waals surface area contributed by atoms with Crippen molar-refractivity contribution in [3.63, 3.8) is 0 Å². The Labute approximate surface area is 127 Å².